The van der Waals surface area contributed by atoms with E-state index in [1.165, 1.54) is 12.8 Å². The molecule has 0 saturated heterocycles. The Morgan fingerprint density at radius 2 is 0.936 bits per heavy atom. The van der Waals surface area contributed by atoms with Crippen LogP contribution in [0.2, 0.25) is 0 Å². The molecule has 282 valence electrons. The lowest BCUT2D eigenvalue weighted by Gasteiger charge is -2.38. The molecule has 0 radical (unpaired) electrons. The number of ether oxygens (including phenoxy) is 1. The van der Waals surface area contributed by atoms with Gasteiger partial charge in [-0.3, -0.25) is 9.59 Å². The van der Waals surface area contributed by atoms with Crippen molar-refractivity contribution < 1.29 is 49.4 Å². The first-order chi connectivity index (χ1) is 20.7. The van der Waals surface area contributed by atoms with Crippen LogP contribution in [0.1, 0.15) is 147 Å². The molecule has 0 saturated carbocycles. The minimum atomic E-state index is -5.83. The normalized spacial score (nSPS) is 14.0. The smallest absolute Gasteiger partial charge is 0.356 e. The number of amides is 2. The van der Waals surface area contributed by atoms with Gasteiger partial charge in [-0.1, -0.05) is 95.9 Å². The summed E-state index contributed by atoms with van der Waals surface area (Å²) in [5.41, 5.74) is -2.21. The maximum Gasteiger partial charge on any atom is 0.424 e. The molecule has 0 aliphatic heterocycles. The molecule has 47 heavy (non-hydrogen) atoms. The predicted molar refractivity (Wildman–Crippen MR) is 171 cm³/mol. The summed E-state index contributed by atoms with van der Waals surface area (Å²) < 4.78 is 112. The molecular weight excluding hydrogens is 636 g/mol. The molecule has 13 heteroatoms. The highest BCUT2D eigenvalue weighted by atomic mass is 19.3. The van der Waals surface area contributed by atoms with Crippen molar-refractivity contribution in [2.45, 2.75) is 171 Å². The zero-order valence-electron chi connectivity index (χ0n) is 30.7. The van der Waals surface area contributed by atoms with E-state index in [0.29, 0.717) is 32.7 Å². The van der Waals surface area contributed by atoms with Crippen molar-refractivity contribution in [2.75, 3.05) is 13.1 Å². The van der Waals surface area contributed by atoms with Crippen molar-refractivity contribution in [3.05, 3.63) is 0 Å². The molecule has 0 aromatic rings. The number of alkyl halides is 8. The van der Waals surface area contributed by atoms with E-state index < -0.39 is 48.2 Å². The summed E-state index contributed by atoms with van der Waals surface area (Å²) in [5, 5.41) is 5.55. The van der Waals surface area contributed by atoms with Gasteiger partial charge in [-0.2, -0.15) is 35.1 Å². The molecule has 0 unspecified atom stereocenters. The van der Waals surface area contributed by atoms with Gasteiger partial charge in [0, 0.05) is 36.8 Å². The number of hydrogen-bond donors (Lipinski definition) is 2. The van der Waals surface area contributed by atoms with Crippen LogP contribution < -0.4 is 10.6 Å². The van der Waals surface area contributed by atoms with Crippen LogP contribution in [0.3, 0.4) is 0 Å². The summed E-state index contributed by atoms with van der Waals surface area (Å²) in [6.07, 6.45) is -8.29. The third-order valence-corrected chi connectivity index (χ3v) is 7.13. The SMILES string of the molecule is CC(C)(C)CCCCNC(=O)C(C)(C)C.CC(C)(C)CCCCNC(=O)CCCCC(F)(F)C(F)(F)OC(F)(F)C(F)(F)C(C)(C)C. The molecular formula is C34H62F8N2O3. The van der Waals surface area contributed by atoms with Crippen LogP contribution in [-0.2, 0) is 14.3 Å². The fraction of sp³-hybridized carbons (Fsp3) is 0.941. The van der Waals surface area contributed by atoms with Crippen LogP contribution in [-0.4, -0.2) is 49.0 Å². The molecule has 5 nitrogen and oxygen atoms in total. The Labute approximate surface area is 278 Å². The fourth-order valence-corrected chi connectivity index (χ4v) is 3.86. The Bertz CT molecular complexity index is 930. The number of halogens is 8. The average molecular weight is 699 g/mol. The minimum absolute atomic E-state index is 0.151. The van der Waals surface area contributed by atoms with Gasteiger partial charge in [0.25, 0.3) is 0 Å². The van der Waals surface area contributed by atoms with Gasteiger partial charge in [0.1, 0.15) is 0 Å². The van der Waals surface area contributed by atoms with Gasteiger partial charge in [-0.15, -0.1) is 0 Å². The van der Waals surface area contributed by atoms with Gasteiger partial charge in [0.05, 0.1) is 0 Å². The van der Waals surface area contributed by atoms with E-state index in [1.807, 2.05) is 20.8 Å². The zero-order valence-corrected chi connectivity index (χ0v) is 30.7. The van der Waals surface area contributed by atoms with Crippen LogP contribution in [0.4, 0.5) is 35.1 Å². The summed E-state index contributed by atoms with van der Waals surface area (Å²) in [4.78, 5) is 23.2. The van der Waals surface area contributed by atoms with Crippen molar-refractivity contribution in [2.24, 2.45) is 21.7 Å². The van der Waals surface area contributed by atoms with Gasteiger partial charge in [0.15, 0.2) is 0 Å². The van der Waals surface area contributed by atoms with Crippen LogP contribution in [0.15, 0.2) is 0 Å². The minimum Gasteiger partial charge on any atom is -0.356 e. The highest BCUT2D eigenvalue weighted by Crippen LogP contribution is 2.52. The first-order valence-electron chi connectivity index (χ1n) is 16.4. The molecule has 0 heterocycles. The van der Waals surface area contributed by atoms with E-state index in [0.717, 1.165) is 32.2 Å². The van der Waals surface area contributed by atoms with E-state index >= 15 is 0 Å². The lowest BCUT2D eigenvalue weighted by atomic mass is 9.87. The molecule has 2 N–H and O–H groups in total. The van der Waals surface area contributed by atoms with Gasteiger partial charge in [-0.05, 0) is 49.4 Å². The second kappa shape index (κ2) is 18.4. The van der Waals surface area contributed by atoms with Crippen molar-refractivity contribution in [3.63, 3.8) is 0 Å². The van der Waals surface area contributed by atoms with Crippen molar-refractivity contribution in [1.82, 2.24) is 10.6 Å². The molecule has 2 amide bonds. The quantitative estimate of drug-likeness (QED) is 0.117. The lowest BCUT2D eigenvalue weighted by molar-refractivity contribution is -0.478. The molecule has 0 atom stereocenters. The molecule has 0 aromatic carbocycles. The molecule has 0 aromatic heterocycles. The molecule has 0 aliphatic rings. The maximum absolute atomic E-state index is 13.8. The van der Waals surface area contributed by atoms with Gasteiger partial charge in [0.2, 0.25) is 11.8 Å². The first kappa shape index (κ1) is 47.5. The van der Waals surface area contributed by atoms with E-state index in [4.69, 9.17) is 0 Å². The van der Waals surface area contributed by atoms with Crippen LogP contribution in [0.25, 0.3) is 0 Å². The molecule has 0 fully saturated rings. The highest BCUT2D eigenvalue weighted by Gasteiger charge is 2.71. The Hall–Kier alpha value is -1.66. The summed E-state index contributed by atoms with van der Waals surface area (Å²) in [6, 6.07) is 0. The number of carbonyl (C=O) groups excluding carboxylic acids is 2. The van der Waals surface area contributed by atoms with Crippen molar-refractivity contribution in [3.8, 4) is 0 Å². The van der Waals surface area contributed by atoms with Crippen LogP contribution in [0, 0.1) is 21.7 Å². The van der Waals surface area contributed by atoms with Crippen LogP contribution in [0.5, 0.6) is 0 Å². The zero-order chi connectivity index (χ0) is 37.8. The maximum atomic E-state index is 13.8. The Kier molecular flexibility index (Phi) is 18.5. The monoisotopic (exact) mass is 698 g/mol. The predicted octanol–water partition coefficient (Wildman–Crippen LogP) is 10.8. The van der Waals surface area contributed by atoms with Crippen LogP contribution >= 0.6 is 0 Å². The highest BCUT2D eigenvalue weighted by molar-refractivity contribution is 5.81. The third kappa shape index (κ3) is 19.8. The number of carbonyl (C=O) groups is 2. The second-order valence-corrected chi connectivity index (χ2v) is 16.8. The summed E-state index contributed by atoms with van der Waals surface area (Å²) in [6.45, 7) is 21.9. The Morgan fingerprint density at radius 1 is 0.532 bits per heavy atom. The van der Waals surface area contributed by atoms with Crippen molar-refractivity contribution >= 4 is 11.8 Å². The topological polar surface area (TPSA) is 67.4 Å². The number of nitrogens with one attached hydrogen (secondary N) is 2. The molecule has 0 aliphatic carbocycles. The van der Waals surface area contributed by atoms with E-state index in [2.05, 4.69) is 56.9 Å². The number of rotatable bonds is 17. The van der Waals surface area contributed by atoms with Gasteiger partial charge < -0.3 is 10.6 Å². The molecule has 0 rings (SSSR count). The van der Waals surface area contributed by atoms with Gasteiger partial charge in [-0.25, -0.2) is 4.74 Å². The third-order valence-electron chi connectivity index (χ3n) is 7.13. The Morgan fingerprint density at radius 3 is 1.32 bits per heavy atom. The lowest BCUT2D eigenvalue weighted by Crippen LogP contribution is -2.57. The molecule has 0 bridgehead atoms. The number of hydrogen-bond acceptors (Lipinski definition) is 3. The Balaban J connectivity index is 0. The second-order valence-electron chi connectivity index (χ2n) is 16.8. The standard InChI is InChI=1S/C21H35F8NO2.C13H27NO/c1-16(2,3)12-9-10-14-30-15(31)11-7-8-13-18(22,23)20(26,27)32-21(28,29)19(24,25)17(4,5)6;1-12(2,3)9-7-8-10-14-11(15)13(4,5)6/h7-14H2,1-6H3,(H,30,31);7-10H2,1-6H3,(H,14,15). The summed E-state index contributed by atoms with van der Waals surface area (Å²) >= 11 is 0. The molecule has 0 spiro atoms. The van der Waals surface area contributed by atoms with E-state index in [-0.39, 0.29) is 29.6 Å². The summed E-state index contributed by atoms with van der Waals surface area (Å²) in [7, 11) is 0. The summed E-state index contributed by atoms with van der Waals surface area (Å²) in [5.74, 6) is -10.6. The van der Waals surface area contributed by atoms with Gasteiger partial charge >= 0.3 is 24.1 Å². The van der Waals surface area contributed by atoms with E-state index in [9.17, 15) is 44.7 Å². The number of unbranched alkanes of at least 4 members (excludes halogenated alkanes) is 3. The van der Waals surface area contributed by atoms with E-state index in [1.54, 1.807) is 0 Å². The first-order valence-corrected chi connectivity index (χ1v) is 16.4. The van der Waals surface area contributed by atoms with Crippen molar-refractivity contribution in [1.29, 1.82) is 0 Å². The fourth-order valence-electron chi connectivity index (χ4n) is 3.86. The average Bonchev–Trinajstić information content (AvgIpc) is 2.83. The largest absolute Gasteiger partial charge is 0.424 e.